The SMILES string of the molecule is OC12CCCCC1CCC[C@@H]2NCc1ccccc1. The summed E-state index contributed by atoms with van der Waals surface area (Å²) in [6, 6.07) is 10.8. The second kappa shape index (κ2) is 5.64. The van der Waals surface area contributed by atoms with E-state index in [0.29, 0.717) is 5.92 Å². The van der Waals surface area contributed by atoms with Crippen LogP contribution in [0.1, 0.15) is 50.5 Å². The molecule has 19 heavy (non-hydrogen) atoms. The first kappa shape index (κ1) is 13.1. The zero-order valence-electron chi connectivity index (χ0n) is 11.6. The molecule has 3 atom stereocenters. The van der Waals surface area contributed by atoms with E-state index in [9.17, 15) is 5.11 Å². The highest BCUT2D eigenvalue weighted by Crippen LogP contribution is 2.43. The lowest BCUT2D eigenvalue weighted by Crippen LogP contribution is -2.58. The lowest BCUT2D eigenvalue weighted by molar-refractivity contribution is -0.0989. The summed E-state index contributed by atoms with van der Waals surface area (Å²) in [4.78, 5) is 0. The average Bonchev–Trinajstić information content (AvgIpc) is 2.46. The summed E-state index contributed by atoms with van der Waals surface area (Å²) in [5, 5.41) is 14.7. The Morgan fingerprint density at radius 1 is 1.05 bits per heavy atom. The van der Waals surface area contributed by atoms with Gasteiger partial charge in [-0.1, -0.05) is 49.6 Å². The molecule has 1 aromatic carbocycles. The molecule has 2 nitrogen and oxygen atoms in total. The third-order valence-corrected chi connectivity index (χ3v) is 5.13. The summed E-state index contributed by atoms with van der Waals surface area (Å²) in [5.41, 5.74) is 0.870. The normalized spacial score (nSPS) is 34.8. The van der Waals surface area contributed by atoms with E-state index in [-0.39, 0.29) is 6.04 Å². The van der Waals surface area contributed by atoms with Gasteiger partial charge in [-0.3, -0.25) is 0 Å². The molecule has 0 heterocycles. The second-order valence-electron chi connectivity index (χ2n) is 6.28. The fourth-order valence-corrected chi connectivity index (χ4v) is 4.04. The van der Waals surface area contributed by atoms with Gasteiger partial charge in [-0.05, 0) is 37.2 Å². The molecule has 2 heteroatoms. The molecule has 2 aliphatic rings. The van der Waals surface area contributed by atoms with Gasteiger partial charge in [0.15, 0.2) is 0 Å². The molecule has 0 saturated heterocycles. The number of rotatable bonds is 3. The summed E-state index contributed by atoms with van der Waals surface area (Å²) in [7, 11) is 0. The summed E-state index contributed by atoms with van der Waals surface area (Å²) < 4.78 is 0. The summed E-state index contributed by atoms with van der Waals surface area (Å²) in [6.45, 7) is 0.876. The minimum atomic E-state index is -0.439. The van der Waals surface area contributed by atoms with Gasteiger partial charge in [-0.25, -0.2) is 0 Å². The van der Waals surface area contributed by atoms with E-state index in [1.54, 1.807) is 0 Å². The Labute approximate surface area is 116 Å². The monoisotopic (exact) mass is 259 g/mol. The predicted molar refractivity (Wildman–Crippen MR) is 77.8 cm³/mol. The van der Waals surface area contributed by atoms with Gasteiger partial charge < -0.3 is 10.4 Å². The topological polar surface area (TPSA) is 32.3 Å². The molecule has 2 fully saturated rings. The van der Waals surface area contributed by atoms with Crippen molar-refractivity contribution in [3.05, 3.63) is 35.9 Å². The minimum absolute atomic E-state index is 0.284. The molecule has 0 aromatic heterocycles. The van der Waals surface area contributed by atoms with E-state index in [0.717, 1.165) is 19.4 Å². The summed E-state index contributed by atoms with van der Waals surface area (Å²) in [6.07, 6.45) is 8.32. The van der Waals surface area contributed by atoms with Crippen molar-refractivity contribution in [3.63, 3.8) is 0 Å². The standard InChI is InChI=1S/C17H25NO/c19-17-12-5-4-9-15(17)10-6-11-16(17)18-13-14-7-2-1-3-8-14/h1-3,7-8,15-16,18-19H,4-6,9-13H2/t15?,16-,17?/m0/s1. The van der Waals surface area contributed by atoms with Gasteiger partial charge in [0.2, 0.25) is 0 Å². The van der Waals surface area contributed by atoms with Gasteiger partial charge in [0.05, 0.1) is 5.60 Å². The molecule has 0 radical (unpaired) electrons. The van der Waals surface area contributed by atoms with Crippen molar-refractivity contribution in [2.45, 2.75) is 63.1 Å². The van der Waals surface area contributed by atoms with Crippen molar-refractivity contribution in [1.29, 1.82) is 0 Å². The zero-order valence-corrected chi connectivity index (χ0v) is 11.6. The van der Waals surface area contributed by atoms with Crippen molar-refractivity contribution in [2.75, 3.05) is 0 Å². The van der Waals surface area contributed by atoms with E-state index < -0.39 is 5.60 Å². The van der Waals surface area contributed by atoms with Gasteiger partial charge in [-0.2, -0.15) is 0 Å². The Morgan fingerprint density at radius 3 is 2.68 bits per heavy atom. The van der Waals surface area contributed by atoms with E-state index in [1.165, 1.54) is 37.7 Å². The maximum absolute atomic E-state index is 11.1. The van der Waals surface area contributed by atoms with E-state index in [1.807, 2.05) is 0 Å². The molecule has 0 spiro atoms. The number of hydrogen-bond acceptors (Lipinski definition) is 2. The molecule has 2 aliphatic carbocycles. The van der Waals surface area contributed by atoms with Crippen LogP contribution in [0.25, 0.3) is 0 Å². The number of fused-ring (bicyclic) bond motifs is 1. The molecule has 0 bridgehead atoms. The van der Waals surface area contributed by atoms with Crippen LogP contribution < -0.4 is 5.32 Å². The van der Waals surface area contributed by atoms with Gasteiger partial charge in [0.1, 0.15) is 0 Å². The Hall–Kier alpha value is -0.860. The largest absolute Gasteiger partial charge is 0.388 e. The fraction of sp³-hybridized carbons (Fsp3) is 0.647. The van der Waals surface area contributed by atoms with Crippen LogP contribution in [0.15, 0.2) is 30.3 Å². The minimum Gasteiger partial charge on any atom is -0.388 e. The number of aliphatic hydroxyl groups is 1. The predicted octanol–water partition coefficient (Wildman–Crippen LogP) is 3.25. The maximum atomic E-state index is 11.1. The smallest absolute Gasteiger partial charge is 0.0828 e. The van der Waals surface area contributed by atoms with Crippen molar-refractivity contribution in [1.82, 2.24) is 5.32 Å². The van der Waals surface area contributed by atoms with Crippen molar-refractivity contribution in [2.24, 2.45) is 5.92 Å². The molecule has 1 aromatic rings. The van der Waals surface area contributed by atoms with Crippen LogP contribution in [-0.2, 0) is 6.54 Å². The number of benzene rings is 1. The van der Waals surface area contributed by atoms with E-state index in [2.05, 4.69) is 35.6 Å². The van der Waals surface area contributed by atoms with Crippen LogP contribution in [0.3, 0.4) is 0 Å². The summed E-state index contributed by atoms with van der Waals surface area (Å²) in [5.74, 6) is 0.531. The van der Waals surface area contributed by atoms with Crippen LogP contribution in [-0.4, -0.2) is 16.7 Å². The maximum Gasteiger partial charge on any atom is 0.0828 e. The van der Waals surface area contributed by atoms with E-state index in [4.69, 9.17) is 0 Å². The first-order valence-corrected chi connectivity index (χ1v) is 7.79. The lowest BCUT2D eigenvalue weighted by atomic mass is 9.65. The molecule has 3 rings (SSSR count). The Morgan fingerprint density at radius 2 is 1.84 bits per heavy atom. The van der Waals surface area contributed by atoms with Crippen molar-refractivity contribution in [3.8, 4) is 0 Å². The van der Waals surface area contributed by atoms with E-state index >= 15 is 0 Å². The van der Waals surface area contributed by atoms with Gasteiger partial charge >= 0.3 is 0 Å². The Kier molecular flexibility index (Phi) is 3.90. The third kappa shape index (κ3) is 2.70. The lowest BCUT2D eigenvalue weighted by Gasteiger charge is -2.49. The summed E-state index contributed by atoms with van der Waals surface area (Å²) >= 11 is 0. The first-order chi connectivity index (χ1) is 9.29. The van der Waals surface area contributed by atoms with Gasteiger partial charge in [0.25, 0.3) is 0 Å². The van der Waals surface area contributed by atoms with Crippen LogP contribution in [0.5, 0.6) is 0 Å². The molecule has 0 amide bonds. The van der Waals surface area contributed by atoms with Crippen molar-refractivity contribution < 1.29 is 5.11 Å². The number of nitrogens with one attached hydrogen (secondary N) is 1. The quantitative estimate of drug-likeness (QED) is 0.873. The first-order valence-electron chi connectivity index (χ1n) is 7.79. The molecule has 2 N–H and O–H groups in total. The number of hydrogen-bond donors (Lipinski definition) is 2. The second-order valence-corrected chi connectivity index (χ2v) is 6.28. The molecule has 104 valence electrons. The van der Waals surface area contributed by atoms with Gasteiger partial charge in [-0.15, -0.1) is 0 Å². The van der Waals surface area contributed by atoms with Gasteiger partial charge in [0, 0.05) is 12.6 Å². The zero-order chi connectivity index (χ0) is 13.1. The molecule has 2 unspecified atom stereocenters. The average molecular weight is 259 g/mol. The highest BCUT2D eigenvalue weighted by Gasteiger charge is 2.46. The third-order valence-electron chi connectivity index (χ3n) is 5.13. The van der Waals surface area contributed by atoms with Crippen LogP contribution in [0.2, 0.25) is 0 Å². The van der Waals surface area contributed by atoms with Crippen LogP contribution >= 0.6 is 0 Å². The Balaban J connectivity index is 1.66. The highest BCUT2D eigenvalue weighted by molar-refractivity contribution is 5.15. The Bertz CT molecular complexity index is 403. The molecular formula is C17H25NO. The van der Waals surface area contributed by atoms with Crippen LogP contribution in [0.4, 0.5) is 0 Å². The van der Waals surface area contributed by atoms with Crippen molar-refractivity contribution >= 4 is 0 Å². The fourth-order valence-electron chi connectivity index (χ4n) is 4.04. The highest BCUT2D eigenvalue weighted by atomic mass is 16.3. The molecular weight excluding hydrogens is 234 g/mol. The van der Waals surface area contributed by atoms with Crippen LogP contribution in [0, 0.1) is 5.92 Å². The molecule has 2 saturated carbocycles. The molecule has 0 aliphatic heterocycles.